The number of imidazole rings is 1. The SMILES string of the molecule is COC[C@]1(O)CCCC[C@H]1n1cnc(C(=O)N2CCNC[C@H]2CCNc2cc(C(=O)OC)ccc2Cl)c1-c1ccccc1. The number of nitrogens with one attached hydrogen (secondary N) is 2. The largest absolute Gasteiger partial charge is 0.465 e. The van der Waals surface area contributed by atoms with Crippen LogP contribution in [0.2, 0.25) is 5.02 Å². The van der Waals surface area contributed by atoms with Crippen LogP contribution in [-0.4, -0.2) is 90.1 Å². The first-order valence-corrected chi connectivity index (χ1v) is 15.2. The second-order valence-corrected chi connectivity index (χ2v) is 11.7. The summed E-state index contributed by atoms with van der Waals surface area (Å²) in [5.41, 5.74) is 1.96. The maximum atomic E-state index is 14.3. The van der Waals surface area contributed by atoms with Crippen molar-refractivity contribution in [3.8, 4) is 11.3 Å². The Morgan fingerprint density at radius 1 is 1.19 bits per heavy atom. The van der Waals surface area contributed by atoms with E-state index in [9.17, 15) is 14.7 Å². The third-order valence-corrected chi connectivity index (χ3v) is 8.85. The summed E-state index contributed by atoms with van der Waals surface area (Å²) >= 11 is 6.38. The van der Waals surface area contributed by atoms with Gasteiger partial charge in [0.1, 0.15) is 5.60 Å². The third-order valence-electron chi connectivity index (χ3n) is 8.52. The van der Waals surface area contributed by atoms with E-state index in [1.165, 1.54) is 7.11 Å². The molecule has 10 nitrogen and oxygen atoms in total. The molecule has 43 heavy (non-hydrogen) atoms. The number of aromatic nitrogens is 2. The zero-order valence-corrected chi connectivity index (χ0v) is 25.5. The molecule has 1 aromatic heterocycles. The van der Waals surface area contributed by atoms with E-state index in [0.29, 0.717) is 66.7 Å². The van der Waals surface area contributed by atoms with Crippen LogP contribution in [-0.2, 0) is 9.47 Å². The molecular weight excluding hydrogens is 570 g/mol. The third kappa shape index (κ3) is 6.72. The van der Waals surface area contributed by atoms with E-state index >= 15 is 0 Å². The van der Waals surface area contributed by atoms with E-state index in [1.54, 1.807) is 31.6 Å². The average molecular weight is 610 g/mol. The molecule has 2 aliphatic rings. The zero-order chi connectivity index (χ0) is 30.4. The minimum Gasteiger partial charge on any atom is -0.465 e. The van der Waals surface area contributed by atoms with Crippen molar-refractivity contribution in [3.63, 3.8) is 0 Å². The molecule has 0 unspecified atom stereocenters. The first kappa shape index (κ1) is 31.0. The van der Waals surface area contributed by atoms with Crippen molar-refractivity contribution in [2.75, 3.05) is 52.3 Å². The molecule has 0 spiro atoms. The van der Waals surface area contributed by atoms with Crippen molar-refractivity contribution in [1.82, 2.24) is 19.8 Å². The van der Waals surface area contributed by atoms with E-state index in [1.807, 2.05) is 39.8 Å². The highest BCUT2D eigenvalue weighted by molar-refractivity contribution is 6.33. The number of benzene rings is 2. The van der Waals surface area contributed by atoms with Crippen molar-refractivity contribution in [3.05, 3.63) is 71.1 Å². The lowest BCUT2D eigenvalue weighted by molar-refractivity contribution is -0.0893. The molecule has 3 atom stereocenters. The van der Waals surface area contributed by atoms with Gasteiger partial charge in [0.05, 0.1) is 48.1 Å². The number of rotatable bonds is 10. The molecule has 2 aromatic carbocycles. The lowest BCUT2D eigenvalue weighted by Crippen LogP contribution is -2.54. The molecule has 2 fully saturated rings. The molecule has 1 aliphatic heterocycles. The quantitative estimate of drug-likeness (QED) is 0.290. The number of piperazine rings is 1. The van der Waals surface area contributed by atoms with Crippen LogP contribution in [0.4, 0.5) is 5.69 Å². The highest BCUT2D eigenvalue weighted by Gasteiger charge is 2.42. The number of anilines is 1. The smallest absolute Gasteiger partial charge is 0.337 e. The Balaban J connectivity index is 1.40. The highest BCUT2D eigenvalue weighted by Crippen LogP contribution is 2.41. The average Bonchev–Trinajstić information content (AvgIpc) is 3.47. The van der Waals surface area contributed by atoms with Gasteiger partial charge >= 0.3 is 5.97 Å². The van der Waals surface area contributed by atoms with Crippen molar-refractivity contribution < 1.29 is 24.2 Å². The fraction of sp³-hybridized carbons (Fsp3) is 0.469. The second kappa shape index (κ2) is 13.9. The van der Waals surface area contributed by atoms with Crippen LogP contribution in [0, 0.1) is 0 Å². The van der Waals surface area contributed by atoms with Crippen LogP contribution in [0.25, 0.3) is 11.3 Å². The molecule has 3 N–H and O–H groups in total. The lowest BCUT2D eigenvalue weighted by atomic mass is 9.80. The molecule has 0 bridgehead atoms. The second-order valence-electron chi connectivity index (χ2n) is 11.3. The molecule has 5 rings (SSSR count). The Bertz CT molecular complexity index is 1410. The van der Waals surface area contributed by atoms with Crippen LogP contribution >= 0.6 is 11.6 Å². The van der Waals surface area contributed by atoms with Crippen molar-refractivity contribution in [2.24, 2.45) is 0 Å². The van der Waals surface area contributed by atoms with E-state index in [4.69, 9.17) is 26.1 Å². The number of hydrogen-bond acceptors (Lipinski definition) is 8. The van der Waals surface area contributed by atoms with Crippen LogP contribution < -0.4 is 10.6 Å². The minimum atomic E-state index is -1.05. The summed E-state index contributed by atoms with van der Waals surface area (Å²) in [7, 11) is 2.95. The normalized spacial score (nSPS) is 22.3. The number of methoxy groups -OCH3 is 2. The van der Waals surface area contributed by atoms with Gasteiger partial charge in [-0.05, 0) is 37.5 Å². The standard InChI is InChI=1S/C32H40ClN5O5/c1-42-20-32(41)14-7-6-10-27(32)38-21-36-28(29(38)22-8-4-3-5-9-22)30(39)37-17-16-34-19-24(37)13-15-35-26-18-23(31(40)43-2)11-12-25(26)33/h3-5,8-9,11-12,18,21,24,27,34-35,41H,6-7,10,13-17,19-20H2,1-2H3/t24-,27-,32-/m1/s1. The summed E-state index contributed by atoms with van der Waals surface area (Å²) in [5, 5.41) is 18.9. The Labute approximate surface area is 257 Å². The summed E-state index contributed by atoms with van der Waals surface area (Å²) in [4.78, 5) is 32.8. The summed E-state index contributed by atoms with van der Waals surface area (Å²) in [6.45, 7) is 2.61. The minimum absolute atomic E-state index is 0.0924. The number of nitrogens with zero attached hydrogens (tertiary/aromatic N) is 3. The Kier molecular flexibility index (Phi) is 10.0. The highest BCUT2D eigenvalue weighted by atomic mass is 35.5. The molecular formula is C32H40ClN5O5. The predicted molar refractivity (Wildman–Crippen MR) is 166 cm³/mol. The van der Waals surface area contributed by atoms with E-state index in [-0.39, 0.29) is 24.6 Å². The van der Waals surface area contributed by atoms with Crippen LogP contribution in [0.1, 0.15) is 59.0 Å². The van der Waals surface area contributed by atoms with Gasteiger partial charge in [0.25, 0.3) is 5.91 Å². The first-order valence-electron chi connectivity index (χ1n) is 14.8. The molecule has 1 saturated carbocycles. The van der Waals surface area contributed by atoms with Gasteiger partial charge in [-0.15, -0.1) is 0 Å². The van der Waals surface area contributed by atoms with E-state index in [2.05, 4.69) is 10.6 Å². The Hall–Kier alpha value is -3.44. The number of ether oxygens (including phenoxy) is 2. The van der Waals surface area contributed by atoms with Crippen molar-refractivity contribution in [1.29, 1.82) is 0 Å². The maximum absolute atomic E-state index is 14.3. The van der Waals surface area contributed by atoms with Crippen molar-refractivity contribution in [2.45, 2.75) is 49.8 Å². The van der Waals surface area contributed by atoms with Crippen molar-refractivity contribution >= 4 is 29.2 Å². The molecule has 2 heterocycles. The predicted octanol–water partition coefficient (Wildman–Crippen LogP) is 4.40. The number of halogens is 1. The fourth-order valence-electron chi connectivity index (χ4n) is 6.36. The lowest BCUT2D eigenvalue weighted by Gasteiger charge is -2.41. The van der Waals surface area contributed by atoms with Gasteiger partial charge in [-0.3, -0.25) is 4.79 Å². The van der Waals surface area contributed by atoms with Gasteiger partial charge in [-0.25, -0.2) is 9.78 Å². The number of carbonyl (C=O) groups is 2. The number of esters is 1. The molecule has 1 saturated heterocycles. The summed E-state index contributed by atoms with van der Waals surface area (Å²) in [6, 6.07) is 14.4. The number of amides is 1. The van der Waals surface area contributed by atoms with Gasteiger partial charge in [0.15, 0.2) is 5.69 Å². The molecule has 230 valence electrons. The summed E-state index contributed by atoms with van der Waals surface area (Å²) < 4.78 is 12.3. The van der Waals surface area contributed by atoms with E-state index < -0.39 is 11.6 Å². The van der Waals surface area contributed by atoms with Crippen LogP contribution in [0.15, 0.2) is 54.9 Å². The van der Waals surface area contributed by atoms with Crippen LogP contribution in [0.5, 0.6) is 0 Å². The zero-order valence-electron chi connectivity index (χ0n) is 24.7. The van der Waals surface area contributed by atoms with Gasteiger partial charge in [-0.2, -0.15) is 0 Å². The molecule has 3 aromatic rings. The molecule has 11 heteroatoms. The van der Waals surface area contributed by atoms with Gasteiger partial charge in [0.2, 0.25) is 0 Å². The topological polar surface area (TPSA) is 118 Å². The van der Waals surface area contributed by atoms with Gasteiger partial charge in [-0.1, -0.05) is 54.8 Å². The Morgan fingerprint density at radius 3 is 2.77 bits per heavy atom. The molecule has 1 aliphatic carbocycles. The van der Waals surface area contributed by atoms with Gasteiger partial charge in [0, 0.05) is 44.9 Å². The van der Waals surface area contributed by atoms with Crippen LogP contribution in [0.3, 0.4) is 0 Å². The first-order chi connectivity index (χ1) is 20.9. The molecule has 0 radical (unpaired) electrons. The fourth-order valence-corrected chi connectivity index (χ4v) is 6.54. The summed E-state index contributed by atoms with van der Waals surface area (Å²) in [6.07, 6.45) is 5.65. The van der Waals surface area contributed by atoms with Gasteiger partial charge < -0.3 is 34.7 Å². The summed E-state index contributed by atoms with van der Waals surface area (Å²) in [5.74, 6) is -0.573. The molecule has 1 amide bonds. The number of carbonyl (C=O) groups excluding carboxylic acids is 2. The number of hydrogen-bond donors (Lipinski definition) is 3. The maximum Gasteiger partial charge on any atom is 0.337 e. The number of aliphatic hydroxyl groups is 1. The van der Waals surface area contributed by atoms with E-state index in [0.717, 1.165) is 24.8 Å². The monoisotopic (exact) mass is 609 g/mol. The Morgan fingerprint density at radius 2 is 2.00 bits per heavy atom.